The Hall–Kier alpha value is -0.420. The number of fused-ring (bicyclic) bond motifs is 1. The van der Waals surface area contributed by atoms with Crippen LogP contribution >= 0.6 is 35.8 Å². The Morgan fingerprint density at radius 3 is 2.36 bits per heavy atom. The first-order valence-electron chi connectivity index (χ1n) is 7.59. The molecule has 2 aliphatic rings. The number of nitrogens with zero attached hydrogens (tertiary/aromatic N) is 1. The molecule has 0 aliphatic carbocycles. The number of hydrogen-bond acceptors (Lipinski definition) is 3. The molecule has 22 heavy (non-hydrogen) atoms. The van der Waals surface area contributed by atoms with Crippen molar-refractivity contribution in [2.45, 2.75) is 17.7 Å². The van der Waals surface area contributed by atoms with Crippen molar-refractivity contribution in [2.24, 2.45) is 11.8 Å². The zero-order valence-corrected chi connectivity index (χ0v) is 14.9. The second-order valence-electron chi connectivity index (χ2n) is 5.88. The van der Waals surface area contributed by atoms with E-state index in [1.807, 2.05) is 24.3 Å². The summed E-state index contributed by atoms with van der Waals surface area (Å²) in [5.41, 5.74) is 0. The molecule has 2 atom stereocenters. The Bertz CT molecular complexity index is 483. The molecule has 0 bridgehead atoms. The second kappa shape index (κ2) is 8.44. The molecule has 1 N–H and O–H groups in total. The number of benzene rings is 1. The van der Waals surface area contributed by atoms with E-state index in [4.69, 9.17) is 11.6 Å². The lowest BCUT2D eigenvalue weighted by atomic mass is 9.92. The maximum Gasteiger partial charge on any atom is 0.232 e. The first-order chi connectivity index (χ1) is 10.2. The third-order valence-electron chi connectivity index (χ3n) is 4.55. The van der Waals surface area contributed by atoms with Gasteiger partial charge in [-0.05, 0) is 62.0 Å². The van der Waals surface area contributed by atoms with Crippen LogP contribution in [0.15, 0.2) is 29.2 Å². The summed E-state index contributed by atoms with van der Waals surface area (Å²) in [6, 6.07) is 7.68. The molecule has 0 unspecified atom stereocenters. The smallest absolute Gasteiger partial charge is 0.232 e. The van der Waals surface area contributed by atoms with Crippen molar-refractivity contribution >= 4 is 41.7 Å². The van der Waals surface area contributed by atoms with E-state index < -0.39 is 0 Å². The van der Waals surface area contributed by atoms with Crippen LogP contribution in [0.5, 0.6) is 0 Å². The zero-order valence-electron chi connectivity index (χ0n) is 12.5. The number of amides is 1. The monoisotopic (exact) mass is 360 g/mol. The van der Waals surface area contributed by atoms with E-state index in [9.17, 15) is 4.79 Å². The van der Waals surface area contributed by atoms with Gasteiger partial charge in [0.25, 0.3) is 0 Å². The maximum absolute atomic E-state index is 12.4. The third-order valence-corrected chi connectivity index (χ3v) is 5.80. The molecule has 0 saturated carbocycles. The largest absolute Gasteiger partial charge is 0.342 e. The summed E-state index contributed by atoms with van der Waals surface area (Å²) >= 11 is 7.47. The number of thioether (sulfide) groups is 1. The van der Waals surface area contributed by atoms with Gasteiger partial charge in [-0.3, -0.25) is 4.79 Å². The van der Waals surface area contributed by atoms with Crippen LogP contribution in [0.1, 0.15) is 12.8 Å². The van der Waals surface area contributed by atoms with Crippen molar-refractivity contribution in [1.82, 2.24) is 10.2 Å². The molecule has 0 aromatic heterocycles. The summed E-state index contributed by atoms with van der Waals surface area (Å²) < 4.78 is 0. The van der Waals surface area contributed by atoms with Gasteiger partial charge >= 0.3 is 0 Å². The van der Waals surface area contributed by atoms with Gasteiger partial charge in [-0.15, -0.1) is 24.2 Å². The van der Waals surface area contributed by atoms with Crippen LogP contribution in [0.25, 0.3) is 0 Å². The van der Waals surface area contributed by atoms with Gasteiger partial charge in [-0.25, -0.2) is 0 Å². The van der Waals surface area contributed by atoms with Crippen molar-refractivity contribution in [3.8, 4) is 0 Å². The molecular weight excluding hydrogens is 339 g/mol. The van der Waals surface area contributed by atoms with Gasteiger partial charge in [0.1, 0.15) is 0 Å². The molecule has 0 radical (unpaired) electrons. The van der Waals surface area contributed by atoms with Crippen LogP contribution in [0, 0.1) is 11.8 Å². The van der Waals surface area contributed by atoms with E-state index in [1.165, 1.54) is 0 Å². The van der Waals surface area contributed by atoms with E-state index in [0.29, 0.717) is 5.75 Å². The van der Waals surface area contributed by atoms with Gasteiger partial charge in [0, 0.05) is 23.0 Å². The number of halogens is 2. The quantitative estimate of drug-likeness (QED) is 0.839. The van der Waals surface area contributed by atoms with Crippen LogP contribution in [-0.2, 0) is 4.79 Å². The molecule has 3 nitrogen and oxygen atoms in total. The maximum atomic E-state index is 12.4. The van der Waals surface area contributed by atoms with Crippen LogP contribution in [-0.4, -0.2) is 42.7 Å². The molecule has 2 heterocycles. The van der Waals surface area contributed by atoms with Crippen LogP contribution < -0.4 is 5.32 Å². The highest BCUT2D eigenvalue weighted by Gasteiger charge is 2.31. The minimum Gasteiger partial charge on any atom is -0.342 e. The van der Waals surface area contributed by atoms with Crippen molar-refractivity contribution in [3.63, 3.8) is 0 Å². The van der Waals surface area contributed by atoms with Gasteiger partial charge in [0.2, 0.25) is 5.91 Å². The van der Waals surface area contributed by atoms with Gasteiger partial charge < -0.3 is 10.2 Å². The van der Waals surface area contributed by atoms with E-state index in [-0.39, 0.29) is 18.3 Å². The molecule has 122 valence electrons. The summed E-state index contributed by atoms with van der Waals surface area (Å²) in [5, 5.41) is 4.20. The van der Waals surface area contributed by atoms with E-state index >= 15 is 0 Å². The molecule has 2 fully saturated rings. The minimum atomic E-state index is 0. The lowest BCUT2D eigenvalue weighted by molar-refractivity contribution is -0.128. The lowest BCUT2D eigenvalue weighted by Gasteiger charge is -2.20. The Morgan fingerprint density at radius 1 is 1.18 bits per heavy atom. The highest BCUT2D eigenvalue weighted by molar-refractivity contribution is 8.00. The second-order valence-corrected chi connectivity index (χ2v) is 7.36. The van der Waals surface area contributed by atoms with Crippen molar-refractivity contribution in [2.75, 3.05) is 31.9 Å². The average Bonchev–Trinajstić information content (AvgIpc) is 2.85. The summed E-state index contributed by atoms with van der Waals surface area (Å²) in [5.74, 6) is 2.33. The predicted octanol–water partition coefficient (Wildman–Crippen LogP) is 3.31. The molecule has 3 rings (SSSR count). The lowest BCUT2D eigenvalue weighted by Crippen LogP contribution is -2.34. The van der Waals surface area contributed by atoms with Gasteiger partial charge in [0.05, 0.1) is 5.75 Å². The Kier molecular flexibility index (Phi) is 6.87. The highest BCUT2D eigenvalue weighted by Crippen LogP contribution is 2.28. The molecule has 1 aromatic rings. The molecule has 6 heteroatoms. The SMILES string of the molecule is Cl.O=C(CSc1ccc(Cl)cc1)N1CC[C@@H]2CNC[C@@H]2CC1. The van der Waals surface area contributed by atoms with Crippen molar-refractivity contribution in [3.05, 3.63) is 29.3 Å². The topological polar surface area (TPSA) is 32.3 Å². The van der Waals surface area contributed by atoms with Crippen LogP contribution in [0.3, 0.4) is 0 Å². The average molecular weight is 361 g/mol. The fourth-order valence-electron chi connectivity index (χ4n) is 3.23. The highest BCUT2D eigenvalue weighted by atomic mass is 35.5. The molecule has 1 amide bonds. The zero-order chi connectivity index (χ0) is 14.7. The molecule has 2 aliphatic heterocycles. The number of nitrogens with one attached hydrogen (secondary N) is 1. The van der Waals surface area contributed by atoms with Crippen molar-refractivity contribution in [1.29, 1.82) is 0 Å². The summed E-state index contributed by atoms with van der Waals surface area (Å²) in [6.45, 7) is 4.10. The fourth-order valence-corrected chi connectivity index (χ4v) is 4.16. The molecule has 2 saturated heterocycles. The minimum absolute atomic E-state index is 0. The Labute approximate surface area is 147 Å². The van der Waals surface area contributed by atoms with Gasteiger partial charge in [0.15, 0.2) is 0 Å². The Morgan fingerprint density at radius 2 is 1.77 bits per heavy atom. The van der Waals surface area contributed by atoms with E-state index in [2.05, 4.69) is 10.2 Å². The fraction of sp³-hybridized carbons (Fsp3) is 0.562. The number of carbonyl (C=O) groups excluding carboxylic acids is 1. The normalized spacial score (nSPS) is 24.3. The van der Waals surface area contributed by atoms with E-state index in [1.54, 1.807) is 11.8 Å². The summed E-state index contributed by atoms with van der Waals surface area (Å²) in [7, 11) is 0. The first-order valence-corrected chi connectivity index (χ1v) is 8.95. The summed E-state index contributed by atoms with van der Waals surface area (Å²) in [6.07, 6.45) is 2.30. The standard InChI is InChI=1S/C16H21ClN2OS.ClH/c17-14-1-3-15(4-2-14)21-11-16(20)19-7-5-12-9-18-10-13(12)6-8-19;/h1-4,12-13,18H,5-11H2;1H/t12-,13+;. The first kappa shape index (κ1) is 17.9. The van der Waals surface area contributed by atoms with Crippen LogP contribution in [0.4, 0.5) is 0 Å². The van der Waals surface area contributed by atoms with E-state index in [0.717, 1.165) is 60.8 Å². The van der Waals surface area contributed by atoms with Gasteiger partial charge in [-0.1, -0.05) is 11.6 Å². The molecule has 0 spiro atoms. The van der Waals surface area contributed by atoms with Crippen LogP contribution in [0.2, 0.25) is 5.02 Å². The number of rotatable bonds is 3. The number of likely N-dealkylation sites (tertiary alicyclic amines) is 1. The molecule has 1 aromatic carbocycles. The number of hydrogen-bond donors (Lipinski definition) is 1. The van der Waals surface area contributed by atoms with Crippen molar-refractivity contribution < 1.29 is 4.79 Å². The summed E-state index contributed by atoms with van der Waals surface area (Å²) in [4.78, 5) is 15.5. The molecular formula is C16H22Cl2N2OS. The predicted molar refractivity (Wildman–Crippen MR) is 95.1 cm³/mol. The Balaban J connectivity index is 0.00000176. The van der Waals surface area contributed by atoms with Gasteiger partial charge in [-0.2, -0.15) is 0 Å². The number of carbonyl (C=O) groups is 1. The third kappa shape index (κ3) is 4.54.